The minimum Gasteiger partial charge on any atom is -0.339 e. The summed E-state index contributed by atoms with van der Waals surface area (Å²) in [5, 5.41) is 6.42. The van der Waals surface area contributed by atoms with Gasteiger partial charge in [0.05, 0.1) is 6.33 Å². The van der Waals surface area contributed by atoms with Crippen molar-refractivity contribution in [3.8, 4) is 0 Å². The molecule has 1 fully saturated rings. The van der Waals surface area contributed by atoms with Gasteiger partial charge < -0.3 is 14.8 Å². The molecule has 1 aliphatic carbocycles. The number of aromatic nitrogens is 2. The molecule has 3 aromatic rings. The van der Waals surface area contributed by atoms with Crippen LogP contribution in [0.4, 0.5) is 5.69 Å². The molecule has 192 valence electrons. The molecule has 5 nitrogen and oxygen atoms in total. The molecule has 0 spiro atoms. The molecular weight excluding hydrogens is 442 g/mol. The first-order chi connectivity index (χ1) is 17.5. The fourth-order valence-corrected chi connectivity index (χ4v) is 6.94. The van der Waals surface area contributed by atoms with Crippen molar-refractivity contribution in [3.63, 3.8) is 0 Å². The van der Waals surface area contributed by atoms with Crippen LogP contribution in [0.15, 0.2) is 54.0 Å². The average molecular weight is 486 g/mol. The highest BCUT2D eigenvalue weighted by atomic mass is 15.1. The molecule has 1 aliphatic heterocycles. The van der Waals surface area contributed by atoms with Gasteiger partial charge in [0.25, 0.3) is 0 Å². The molecule has 1 N–H and O–H groups in total. The van der Waals surface area contributed by atoms with Crippen molar-refractivity contribution in [2.24, 2.45) is 22.7 Å². The first-order valence-corrected chi connectivity index (χ1v) is 14.1. The maximum atomic E-state index is 4.97. The molecule has 0 bridgehead atoms. The molecule has 1 aromatic heterocycles. The summed E-state index contributed by atoms with van der Waals surface area (Å²) in [7, 11) is 0. The van der Waals surface area contributed by atoms with Crippen molar-refractivity contribution >= 4 is 22.3 Å². The van der Waals surface area contributed by atoms with Gasteiger partial charge in [-0.25, -0.2) is 4.98 Å². The molecule has 2 aromatic carbocycles. The van der Waals surface area contributed by atoms with Gasteiger partial charge in [-0.3, -0.25) is 4.99 Å². The third-order valence-corrected chi connectivity index (χ3v) is 8.84. The highest BCUT2D eigenvalue weighted by Crippen LogP contribution is 2.48. The van der Waals surface area contributed by atoms with Crippen LogP contribution in [0.25, 0.3) is 10.8 Å². The van der Waals surface area contributed by atoms with Gasteiger partial charge in [0.2, 0.25) is 0 Å². The van der Waals surface area contributed by atoms with Crippen LogP contribution in [0.1, 0.15) is 70.9 Å². The lowest BCUT2D eigenvalue weighted by Gasteiger charge is -2.46. The fraction of sp³-hybridized carbons (Fsp3) is 0.548. The Morgan fingerprint density at radius 1 is 1.14 bits per heavy atom. The second-order valence-electron chi connectivity index (χ2n) is 11.2. The first-order valence-electron chi connectivity index (χ1n) is 14.1. The normalized spacial score (nSPS) is 24.8. The Kier molecular flexibility index (Phi) is 7.47. The molecule has 0 radical (unpaired) electrons. The van der Waals surface area contributed by atoms with Crippen LogP contribution >= 0.6 is 0 Å². The second-order valence-corrected chi connectivity index (χ2v) is 11.2. The maximum absolute atomic E-state index is 4.97. The zero-order chi connectivity index (χ0) is 25.2. The molecular formula is C31H43N5. The predicted molar refractivity (Wildman–Crippen MR) is 152 cm³/mol. The van der Waals surface area contributed by atoms with Gasteiger partial charge in [-0.1, -0.05) is 58.9 Å². The molecule has 36 heavy (non-hydrogen) atoms. The minimum atomic E-state index is 0.604. The van der Waals surface area contributed by atoms with Gasteiger partial charge in [-0.05, 0) is 73.0 Å². The quantitative estimate of drug-likeness (QED) is 0.339. The number of aryl methyl sites for hydroxylation is 1. The molecule has 0 amide bonds. The van der Waals surface area contributed by atoms with Crippen LogP contribution < -0.4 is 5.32 Å². The van der Waals surface area contributed by atoms with Gasteiger partial charge >= 0.3 is 0 Å². The zero-order valence-electron chi connectivity index (χ0n) is 22.7. The summed E-state index contributed by atoms with van der Waals surface area (Å²) >= 11 is 0. The van der Waals surface area contributed by atoms with E-state index in [2.05, 4.69) is 84.7 Å². The number of imidazole rings is 1. The Morgan fingerprint density at radius 2 is 1.97 bits per heavy atom. The lowest BCUT2D eigenvalue weighted by atomic mass is 9.64. The van der Waals surface area contributed by atoms with E-state index in [-0.39, 0.29) is 0 Å². The van der Waals surface area contributed by atoms with Crippen molar-refractivity contribution in [3.05, 3.63) is 60.2 Å². The van der Waals surface area contributed by atoms with Crippen molar-refractivity contribution in [1.82, 2.24) is 14.5 Å². The molecule has 4 atom stereocenters. The van der Waals surface area contributed by atoms with Gasteiger partial charge in [-0.2, -0.15) is 0 Å². The highest BCUT2D eigenvalue weighted by Gasteiger charge is 2.40. The topological polar surface area (TPSA) is 45.5 Å². The molecule has 2 aliphatic rings. The van der Waals surface area contributed by atoms with E-state index in [1.807, 2.05) is 18.7 Å². The van der Waals surface area contributed by atoms with Gasteiger partial charge in [0.1, 0.15) is 5.84 Å². The van der Waals surface area contributed by atoms with Crippen LogP contribution in [0, 0.1) is 17.8 Å². The Balaban J connectivity index is 1.42. The standard InChI is InChI=1S/C31H43N5/c1-6-36(7-2)29-19-26(21(3)4)27(18-22(29)5)23-12-13-28-30-24(23)10-8-11-25(30)31(34-28)33-14-9-16-35-17-15-32-20-35/h8,10-13,15,17,20-22,26-27,29H,6-7,9,14,16,18-19H2,1-5H3,(H,33,34). The van der Waals surface area contributed by atoms with E-state index < -0.39 is 0 Å². The van der Waals surface area contributed by atoms with Crippen LogP contribution in [-0.2, 0) is 6.54 Å². The summed E-state index contributed by atoms with van der Waals surface area (Å²) in [6, 6.07) is 12.2. The molecule has 2 heterocycles. The third-order valence-electron chi connectivity index (χ3n) is 8.84. The fourth-order valence-electron chi connectivity index (χ4n) is 6.94. The second kappa shape index (κ2) is 10.8. The van der Waals surface area contributed by atoms with Crippen LogP contribution in [-0.4, -0.2) is 46.0 Å². The SMILES string of the molecule is CCN(CC)C1CC(C(C)C)C(c2ccc3c4c(cccc24)C(=NCCCn2ccnc2)N3)CC1C. The number of nitrogens with one attached hydrogen (secondary N) is 1. The number of rotatable bonds is 9. The van der Waals surface area contributed by atoms with E-state index in [1.54, 1.807) is 5.56 Å². The lowest BCUT2D eigenvalue weighted by molar-refractivity contribution is 0.0660. The predicted octanol–water partition coefficient (Wildman–Crippen LogP) is 6.79. The van der Waals surface area contributed by atoms with Gasteiger partial charge in [0, 0.05) is 48.2 Å². The number of benzene rings is 2. The average Bonchev–Trinajstić information content (AvgIpc) is 3.53. The van der Waals surface area contributed by atoms with E-state index in [4.69, 9.17) is 4.99 Å². The van der Waals surface area contributed by atoms with E-state index in [0.29, 0.717) is 29.7 Å². The zero-order valence-corrected chi connectivity index (χ0v) is 22.7. The molecule has 4 unspecified atom stereocenters. The van der Waals surface area contributed by atoms with Crippen LogP contribution in [0.5, 0.6) is 0 Å². The smallest absolute Gasteiger partial charge is 0.133 e. The lowest BCUT2D eigenvalue weighted by Crippen LogP contribution is -2.46. The first kappa shape index (κ1) is 25.0. The van der Waals surface area contributed by atoms with Crippen LogP contribution in [0.2, 0.25) is 0 Å². The molecule has 5 rings (SSSR count). The van der Waals surface area contributed by atoms with E-state index in [9.17, 15) is 0 Å². The largest absolute Gasteiger partial charge is 0.339 e. The van der Waals surface area contributed by atoms with Gasteiger partial charge in [0.15, 0.2) is 0 Å². The van der Waals surface area contributed by atoms with Crippen molar-refractivity contribution < 1.29 is 0 Å². The summed E-state index contributed by atoms with van der Waals surface area (Å²) in [5.41, 5.74) is 4.02. The number of anilines is 1. The minimum absolute atomic E-state index is 0.604. The summed E-state index contributed by atoms with van der Waals surface area (Å²) in [6.45, 7) is 16.0. The number of hydrogen-bond acceptors (Lipinski definition) is 3. The van der Waals surface area contributed by atoms with E-state index >= 15 is 0 Å². The molecule has 1 saturated carbocycles. The maximum Gasteiger partial charge on any atom is 0.133 e. The molecule has 0 saturated heterocycles. The summed E-state index contributed by atoms with van der Waals surface area (Å²) < 4.78 is 2.12. The number of aliphatic imine (C=N–C) groups is 1. The number of hydrogen-bond donors (Lipinski definition) is 1. The summed E-state index contributed by atoms with van der Waals surface area (Å²) in [5.74, 6) is 3.72. The monoisotopic (exact) mass is 485 g/mol. The Hall–Kier alpha value is -2.66. The van der Waals surface area contributed by atoms with E-state index in [0.717, 1.165) is 38.4 Å². The summed E-state index contributed by atoms with van der Waals surface area (Å²) in [4.78, 5) is 11.8. The Morgan fingerprint density at radius 3 is 2.69 bits per heavy atom. The van der Waals surface area contributed by atoms with Crippen molar-refractivity contribution in [1.29, 1.82) is 0 Å². The molecule has 5 heteroatoms. The third kappa shape index (κ3) is 4.70. The van der Waals surface area contributed by atoms with E-state index in [1.165, 1.54) is 34.9 Å². The Bertz CT molecular complexity index is 1190. The van der Waals surface area contributed by atoms with Crippen molar-refractivity contribution in [2.45, 2.75) is 72.4 Å². The number of amidine groups is 1. The Labute approximate surface area is 217 Å². The van der Waals surface area contributed by atoms with Gasteiger partial charge in [-0.15, -0.1) is 0 Å². The summed E-state index contributed by atoms with van der Waals surface area (Å²) in [6.07, 6.45) is 9.30. The van der Waals surface area contributed by atoms with Crippen molar-refractivity contribution in [2.75, 3.05) is 25.0 Å². The highest BCUT2D eigenvalue weighted by molar-refractivity contribution is 6.26. The van der Waals surface area contributed by atoms with Crippen LogP contribution in [0.3, 0.4) is 0 Å². The number of nitrogens with zero attached hydrogens (tertiary/aromatic N) is 4.